The van der Waals surface area contributed by atoms with Crippen LogP contribution in [0.2, 0.25) is 0 Å². The predicted molar refractivity (Wildman–Crippen MR) is 104 cm³/mol. The molecule has 2 aliphatic rings. The predicted octanol–water partition coefficient (Wildman–Crippen LogP) is 3.47. The highest BCUT2D eigenvalue weighted by molar-refractivity contribution is 7.71. The highest BCUT2D eigenvalue weighted by Crippen LogP contribution is 2.60. The van der Waals surface area contributed by atoms with Crippen molar-refractivity contribution in [2.75, 3.05) is 6.54 Å². The molecule has 2 N–H and O–H groups in total. The normalized spacial score (nSPS) is 23.9. The summed E-state index contributed by atoms with van der Waals surface area (Å²) in [5, 5.41) is 10.3. The zero-order valence-corrected chi connectivity index (χ0v) is 16.2. The molecule has 0 aliphatic heterocycles. The third-order valence-electron chi connectivity index (χ3n) is 5.96. The van der Waals surface area contributed by atoms with Crippen LogP contribution in [0.5, 0.6) is 0 Å². The average Bonchev–Trinajstić information content (AvgIpc) is 3.21. The van der Waals surface area contributed by atoms with E-state index in [1.54, 1.807) is 0 Å². The van der Waals surface area contributed by atoms with Gasteiger partial charge in [0.1, 0.15) is 5.82 Å². The van der Waals surface area contributed by atoms with Gasteiger partial charge in [0, 0.05) is 30.3 Å². The average molecular weight is 371 g/mol. The number of benzene rings is 1. The first-order valence-corrected chi connectivity index (χ1v) is 9.95. The molecule has 0 radical (unpaired) electrons. The van der Waals surface area contributed by atoms with E-state index >= 15 is 0 Å². The van der Waals surface area contributed by atoms with E-state index in [1.165, 1.54) is 17.5 Å². The smallest absolute Gasteiger partial charge is 0.224 e. The van der Waals surface area contributed by atoms with Gasteiger partial charge in [0.05, 0.1) is 0 Å². The largest absolute Gasteiger partial charge is 0.355 e. The highest BCUT2D eigenvalue weighted by Gasteiger charge is 2.59. The van der Waals surface area contributed by atoms with E-state index < -0.39 is 0 Å². The number of H-pyrrole nitrogens is 1. The van der Waals surface area contributed by atoms with Crippen molar-refractivity contribution in [3.8, 4) is 0 Å². The standard InChI is InChI=1S/C20H26N4OS/c1-13(2)24-17(22-23-19(24)26)9-11-21-18(25)16-12-20(16)10-5-7-14-6-3-4-8-15(14)20/h3-4,6,8,13,16H,5,7,9-12H2,1-2H3,(H,21,25)(H,23,26)/t16-,20+/m1/s1. The van der Waals surface area contributed by atoms with Gasteiger partial charge in [-0.05, 0) is 62.9 Å². The Balaban J connectivity index is 1.39. The first-order valence-electron chi connectivity index (χ1n) is 9.55. The quantitative estimate of drug-likeness (QED) is 0.792. The van der Waals surface area contributed by atoms with E-state index in [-0.39, 0.29) is 23.3 Å². The number of carbonyl (C=O) groups is 1. The molecule has 2 atom stereocenters. The SMILES string of the molecule is CC(C)n1c(CCNC(=O)[C@H]2C[C@]23CCCc2ccccc23)n[nH]c1=S. The van der Waals surface area contributed by atoms with E-state index in [0.717, 1.165) is 25.1 Å². The summed E-state index contributed by atoms with van der Waals surface area (Å²) in [6.07, 6.45) is 5.14. The Bertz CT molecular complexity index is 884. The van der Waals surface area contributed by atoms with E-state index in [2.05, 4.69) is 53.6 Å². The molecule has 0 saturated heterocycles. The number of aromatic amines is 1. The molecule has 0 bridgehead atoms. The van der Waals surface area contributed by atoms with Crippen LogP contribution in [0.15, 0.2) is 24.3 Å². The summed E-state index contributed by atoms with van der Waals surface area (Å²) in [6, 6.07) is 8.92. The summed E-state index contributed by atoms with van der Waals surface area (Å²) in [7, 11) is 0. The number of aromatic nitrogens is 3. The molecule has 6 heteroatoms. The number of amides is 1. The van der Waals surface area contributed by atoms with Crippen LogP contribution in [0.4, 0.5) is 0 Å². The van der Waals surface area contributed by atoms with Crippen molar-refractivity contribution in [1.82, 2.24) is 20.1 Å². The maximum Gasteiger partial charge on any atom is 0.224 e. The first kappa shape index (κ1) is 17.5. The number of aryl methyl sites for hydroxylation is 1. The topological polar surface area (TPSA) is 62.7 Å². The van der Waals surface area contributed by atoms with Gasteiger partial charge in [0.25, 0.3) is 0 Å². The number of fused-ring (bicyclic) bond motifs is 2. The number of nitrogens with one attached hydrogen (secondary N) is 2. The summed E-state index contributed by atoms with van der Waals surface area (Å²) < 4.78 is 2.65. The number of rotatable bonds is 5. The molecular weight excluding hydrogens is 344 g/mol. The van der Waals surface area contributed by atoms with E-state index in [4.69, 9.17) is 12.2 Å². The van der Waals surface area contributed by atoms with Crippen LogP contribution in [0.25, 0.3) is 0 Å². The molecule has 2 aliphatic carbocycles. The minimum Gasteiger partial charge on any atom is -0.355 e. The molecule has 1 spiro atoms. The van der Waals surface area contributed by atoms with Gasteiger partial charge in [-0.3, -0.25) is 9.89 Å². The molecule has 138 valence electrons. The van der Waals surface area contributed by atoms with Gasteiger partial charge in [-0.25, -0.2) is 0 Å². The van der Waals surface area contributed by atoms with Crippen molar-refractivity contribution in [2.45, 2.75) is 57.4 Å². The van der Waals surface area contributed by atoms with Crippen LogP contribution in [0.3, 0.4) is 0 Å². The summed E-state index contributed by atoms with van der Waals surface area (Å²) in [5.41, 5.74) is 2.94. The van der Waals surface area contributed by atoms with Crippen molar-refractivity contribution in [2.24, 2.45) is 5.92 Å². The third kappa shape index (κ3) is 2.90. The Labute approximate surface area is 159 Å². The molecule has 26 heavy (non-hydrogen) atoms. The van der Waals surface area contributed by atoms with Crippen LogP contribution in [-0.4, -0.2) is 27.2 Å². The number of nitrogens with zero attached hydrogens (tertiary/aromatic N) is 2. The zero-order valence-electron chi connectivity index (χ0n) is 15.4. The van der Waals surface area contributed by atoms with Gasteiger partial charge >= 0.3 is 0 Å². The van der Waals surface area contributed by atoms with Crippen LogP contribution in [0, 0.1) is 10.7 Å². The number of carbonyl (C=O) groups excluding carboxylic acids is 1. The molecule has 1 saturated carbocycles. The van der Waals surface area contributed by atoms with E-state index in [1.807, 2.05) is 4.57 Å². The lowest BCUT2D eigenvalue weighted by atomic mass is 9.78. The molecule has 1 aromatic heterocycles. The molecule has 1 amide bonds. The van der Waals surface area contributed by atoms with Gasteiger partial charge in [0.2, 0.25) is 5.91 Å². The van der Waals surface area contributed by atoms with Crippen molar-refractivity contribution in [1.29, 1.82) is 0 Å². The van der Waals surface area contributed by atoms with Gasteiger partial charge in [-0.15, -0.1) is 0 Å². The van der Waals surface area contributed by atoms with E-state index in [0.29, 0.717) is 17.7 Å². The fraction of sp³-hybridized carbons (Fsp3) is 0.550. The molecule has 2 aromatic rings. The minimum absolute atomic E-state index is 0.0941. The summed E-state index contributed by atoms with van der Waals surface area (Å²) in [6.45, 7) is 4.77. The lowest BCUT2D eigenvalue weighted by molar-refractivity contribution is -0.122. The summed E-state index contributed by atoms with van der Waals surface area (Å²) in [5.74, 6) is 1.21. The molecule has 1 fully saturated rings. The first-order chi connectivity index (χ1) is 12.5. The highest BCUT2D eigenvalue weighted by atomic mass is 32.1. The number of hydrogen-bond donors (Lipinski definition) is 2. The van der Waals surface area contributed by atoms with Crippen molar-refractivity contribution >= 4 is 18.1 Å². The lowest BCUT2D eigenvalue weighted by Gasteiger charge is -2.26. The van der Waals surface area contributed by atoms with Crippen LogP contribution in [-0.2, 0) is 23.1 Å². The van der Waals surface area contributed by atoms with Gasteiger partial charge in [-0.1, -0.05) is 24.3 Å². The maximum absolute atomic E-state index is 12.7. The second-order valence-electron chi connectivity index (χ2n) is 7.87. The van der Waals surface area contributed by atoms with Crippen LogP contribution < -0.4 is 5.32 Å². The second-order valence-corrected chi connectivity index (χ2v) is 8.26. The molecule has 1 aromatic carbocycles. The van der Waals surface area contributed by atoms with Gasteiger partial charge in [-0.2, -0.15) is 5.10 Å². The van der Waals surface area contributed by atoms with Crippen molar-refractivity contribution in [3.63, 3.8) is 0 Å². The number of hydrogen-bond acceptors (Lipinski definition) is 3. The zero-order chi connectivity index (χ0) is 18.3. The molecule has 0 unspecified atom stereocenters. The Morgan fingerprint density at radius 2 is 2.27 bits per heavy atom. The lowest BCUT2D eigenvalue weighted by Crippen LogP contribution is -2.32. The van der Waals surface area contributed by atoms with Crippen molar-refractivity contribution in [3.05, 3.63) is 46.0 Å². The molecule has 1 heterocycles. The fourth-order valence-corrected chi connectivity index (χ4v) is 5.00. The molecular formula is C20H26N4OS. The Morgan fingerprint density at radius 1 is 1.46 bits per heavy atom. The monoisotopic (exact) mass is 370 g/mol. The third-order valence-corrected chi connectivity index (χ3v) is 6.24. The summed E-state index contributed by atoms with van der Waals surface area (Å²) in [4.78, 5) is 12.7. The van der Waals surface area contributed by atoms with E-state index in [9.17, 15) is 4.79 Å². The minimum atomic E-state index is 0.0941. The van der Waals surface area contributed by atoms with Crippen molar-refractivity contribution < 1.29 is 4.79 Å². The van der Waals surface area contributed by atoms with Crippen LogP contribution >= 0.6 is 12.2 Å². The van der Waals surface area contributed by atoms with Gasteiger partial charge < -0.3 is 9.88 Å². The maximum atomic E-state index is 12.7. The Hall–Kier alpha value is -1.95. The van der Waals surface area contributed by atoms with Crippen LogP contribution in [0.1, 0.15) is 56.1 Å². The van der Waals surface area contributed by atoms with Gasteiger partial charge in [0.15, 0.2) is 4.77 Å². The molecule has 5 nitrogen and oxygen atoms in total. The Morgan fingerprint density at radius 3 is 3.08 bits per heavy atom. The molecule has 4 rings (SSSR count). The Kier molecular flexibility index (Phi) is 4.47. The fourth-order valence-electron chi connectivity index (χ4n) is 4.64. The second kappa shape index (κ2) is 6.65. The summed E-state index contributed by atoms with van der Waals surface area (Å²) >= 11 is 5.28.